The zero-order valence-electron chi connectivity index (χ0n) is 42.2. The first-order chi connectivity index (χ1) is 31.1. The van der Waals surface area contributed by atoms with E-state index < -0.39 is 60.0 Å². The molecule has 1 N–H and O–H groups in total. The second-order valence-corrected chi connectivity index (χ2v) is 38.2. The van der Waals surface area contributed by atoms with Gasteiger partial charge in [-0.25, -0.2) is 9.59 Å². The number of aromatic hydroxyl groups is 1. The minimum Gasteiger partial charge on any atom is -0.507 e. The number of phenolic OH excluding ortho intramolecular Hbond substituents is 1. The number of benzene rings is 3. The third-order valence-electron chi connectivity index (χ3n) is 10.0. The zero-order chi connectivity index (χ0) is 50.5. The average Bonchev–Trinajstić information content (AvgIpc) is 3.22. The average molecular weight is 1150 g/mol. The normalized spacial score (nSPS) is 12.3. The largest absolute Gasteiger partial charge is 0.507 e. The molecule has 0 fully saturated rings. The van der Waals surface area contributed by atoms with Gasteiger partial charge in [0.15, 0.2) is 22.4 Å². The lowest BCUT2D eigenvalue weighted by Crippen LogP contribution is -2.61. The number of nitrogens with zero attached hydrogens (tertiary/aromatic N) is 1. The zero-order valence-corrected chi connectivity index (χ0v) is 47.2. The van der Waals surface area contributed by atoms with E-state index in [0.29, 0.717) is 22.7 Å². The standard InChI is InChI=1S/C49H73NO12Si5.9CH4/c1-18-50(19-2)40-28-31-44(46(51)33-40)47(52)42-24-22-23-25-43(42)48(53)58-35-37(6)67(17,60-64(11,12)13)62-65(14,15)61-66(16,59-63(8,9)10)36(5)34-57-41-29-26-39(27-30-41)32-45(38(7)55-20-3)49(54)56-21-4;;;;;;;;;/h22-33,51H,5-7,18-21,34-35H2,1-4,8-17H3;9*1H4/b45-32-;;;;;;;;;. The van der Waals surface area contributed by atoms with Crippen molar-refractivity contribution in [2.24, 2.45) is 0 Å². The van der Waals surface area contributed by atoms with Crippen molar-refractivity contribution >= 4 is 71.8 Å². The van der Waals surface area contributed by atoms with Crippen LogP contribution in [0.3, 0.4) is 0 Å². The molecule has 18 heteroatoms. The number of carbonyl (C=O) groups is 3. The molecule has 0 aliphatic heterocycles. The molecule has 0 saturated carbocycles. The van der Waals surface area contributed by atoms with Gasteiger partial charge in [0.25, 0.3) is 0 Å². The van der Waals surface area contributed by atoms with Gasteiger partial charge < -0.3 is 45.4 Å². The summed E-state index contributed by atoms with van der Waals surface area (Å²) < 4.78 is 50.6. The monoisotopic (exact) mass is 1150 g/mol. The highest BCUT2D eigenvalue weighted by Gasteiger charge is 2.51. The number of carbonyl (C=O) groups excluding carboxylic acids is 3. The molecule has 3 aromatic carbocycles. The smallest absolute Gasteiger partial charge is 0.348 e. The SMILES string of the molecule is C.C.C.C.C.C.C.C.C.C=C(OCC)/C(=C/c1ccc(OCC(=C)[Si](C)(O[Si](C)(C)C)O[Si](C)(C)O[Si](C)(O[Si](C)(C)C)C(=C)COC(=O)c2ccccc2C(=O)c2ccc(N(CC)CC)cc2O)cc1)C(=O)OCC. The molecule has 0 aromatic heterocycles. The first-order valence-electron chi connectivity index (χ1n) is 22.6. The molecule has 0 radical (unpaired) electrons. The van der Waals surface area contributed by atoms with E-state index in [1.165, 1.54) is 12.1 Å². The summed E-state index contributed by atoms with van der Waals surface area (Å²) in [5.74, 6) is -1.15. The van der Waals surface area contributed by atoms with E-state index in [2.05, 4.69) is 44.3 Å². The number of ether oxygens (including phenoxy) is 4. The molecule has 0 aliphatic rings. The lowest BCUT2D eigenvalue weighted by Gasteiger charge is -2.44. The summed E-state index contributed by atoms with van der Waals surface area (Å²) in [6.45, 7) is 42.3. The number of ketones is 1. The number of esters is 2. The summed E-state index contributed by atoms with van der Waals surface area (Å²) in [7, 11) is -14.5. The molecule has 3 aromatic rings. The lowest BCUT2D eigenvalue weighted by molar-refractivity contribution is -0.138. The highest BCUT2D eigenvalue weighted by molar-refractivity contribution is 6.94. The Hall–Kier alpha value is -4.65. The van der Waals surface area contributed by atoms with Gasteiger partial charge in [-0.2, -0.15) is 0 Å². The molecule has 0 saturated heterocycles. The first kappa shape index (κ1) is 85.3. The second kappa shape index (κ2) is 36.4. The van der Waals surface area contributed by atoms with Gasteiger partial charge in [0, 0.05) is 40.8 Å². The van der Waals surface area contributed by atoms with E-state index in [0.717, 1.165) is 24.3 Å². The maximum absolute atomic E-state index is 13.8. The molecule has 0 spiro atoms. The molecule has 3 rings (SSSR count). The minimum absolute atomic E-state index is 0. The van der Waals surface area contributed by atoms with Crippen LogP contribution in [-0.2, 0) is 35.5 Å². The topological polar surface area (TPSA) is 149 Å². The molecule has 13 nitrogen and oxygen atoms in total. The molecule has 438 valence electrons. The highest BCUT2D eigenvalue weighted by atomic mass is 28.5. The third kappa shape index (κ3) is 25.2. The molecule has 2 atom stereocenters. The van der Waals surface area contributed by atoms with Crippen LogP contribution in [0.5, 0.6) is 11.5 Å². The Morgan fingerprint density at radius 1 is 0.566 bits per heavy atom. The van der Waals surface area contributed by atoms with Crippen molar-refractivity contribution in [1.29, 1.82) is 0 Å². The molecule has 2 unspecified atom stereocenters. The quantitative estimate of drug-likeness (QED) is 0.0193. The van der Waals surface area contributed by atoms with Crippen molar-refractivity contribution in [3.05, 3.63) is 130 Å². The van der Waals surface area contributed by atoms with Crippen LogP contribution < -0.4 is 9.64 Å². The molecule has 0 aliphatic carbocycles. The fraction of sp³-hybridized carbons (Fsp3) is 0.500. The van der Waals surface area contributed by atoms with Crippen LogP contribution in [0.1, 0.15) is 126 Å². The summed E-state index contributed by atoms with van der Waals surface area (Å²) in [5.41, 5.74) is 1.95. The maximum Gasteiger partial charge on any atom is 0.348 e. The van der Waals surface area contributed by atoms with Crippen LogP contribution in [-0.4, -0.2) is 105 Å². The van der Waals surface area contributed by atoms with Crippen LogP contribution in [0.25, 0.3) is 6.08 Å². The van der Waals surface area contributed by atoms with Gasteiger partial charge in [0.05, 0.1) is 24.3 Å². The minimum atomic E-state index is -3.42. The van der Waals surface area contributed by atoms with Gasteiger partial charge in [-0.1, -0.05) is 117 Å². The Balaban J connectivity index is -0.00000106. The molecular formula is C58H109NO12Si5. The van der Waals surface area contributed by atoms with E-state index in [4.69, 9.17) is 35.4 Å². The summed E-state index contributed by atoms with van der Waals surface area (Å²) in [6, 6.07) is 18.5. The number of rotatable bonds is 27. The molecule has 0 amide bonds. The number of hydrogen-bond donors (Lipinski definition) is 1. The van der Waals surface area contributed by atoms with Crippen molar-refractivity contribution in [1.82, 2.24) is 0 Å². The van der Waals surface area contributed by atoms with Crippen molar-refractivity contribution in [3.8, 4) is 11.5 Å². The molecule has 0 heterocycles. The van der Waals surface area contributed by atoms with Gasteiger partial charge >= 0.3 is 37.6 Å². The van der Waals surface area contributed by atoms with E-state index >= 15 is 0 Å². The van der Waals surface area contributed by atoms with Gasteiger partial charge in [-0.15, -0.1) is 0 Å². The van der Waals surface area contributed by atoms with Gasteiger partial charge in [-0.05, 0) is 135 Å². The van der Waals surface area contributed by atoms with E-state index in [1.807, 2.05) is 78.7 Å². The Bertz CT molecular complexity index is 2270. The Labute approximate surface area is 470 Å². The predicted octanol–water partition coefficient (Wildman–Crippen LogP) is 16.7. The summed E-state index contributed by atoms with van der Waals surface area (Å²) >= 11 is 0. The van der Waals surface area contributed by atoms with Gasteiger partial charge in [0.2, 0.25) is 0 Å². The van der Waals surface area contributed by atoms with Crippen molar-refractivity contribution < 1.29 is 54.9 Å². The number of phenols is 1. The highest BCUT2D eigenvalue weighted by Crippen LogP contribution is 2.33. The maximum atomic E-state index is 13.8. The summed E-state index contributed by atoms with van der Waals surface area (Å²) in [6.07, 6.45) is 1.66. The van der Waals surface area contributed by atoms with E-state index in [-0.39, 0.29) is 120 Å². The van der Waals surface area contributed by atoms with E-state index in [9.17, 15) is 19.5 Å². The van der Waals surface area contributed by atoms with Crippen LogP contribution in [0.4, 0.5) is 5.69 Å². The second-order valence-electron chi connectivity index (χ2n) is 18.4. The van der Waals surface area contributed by atoms with Crippen LogP contribution in [0.15, 0.2) is 108 Å². The summed E-state index contributed by atoms with van der Waals surface area (Å²) in [4.78, 5) is 42.3. The van der Waals surface area contributed by atoms with Crippen molar-refractivity contribution in [2.75, 3.05) is 44.4 Å². The van der Waals surface area contributed by atoms with E-state index in [1.54, 1.807) is 55.5 Å². The van der Waals surface area contributed by atoms with Crippen molar-refractivity contribution in [2.45, 2.75) is 160 Å². The summed E-state index contributed by atoms with van der Waals surface area (Å²) in [5, 5.41) is 12.0. The Kier molecular flexibility index (Phi) is 40.9. The van der Waals surface area contributed by atoms with Crippen LogP contribution in [0.2, 0.25) is 65.5 Å². The first-order valence-corrected chi connectivity index (χ1v) is 36.9. The van der Waals surface area contributed by atoms with Gasteiger partial charge in [0.1, 0.15) is 36.0 Å². The fourth-order valence-corrected chi connectivity index (χ4v) is 28.6. The van der Waals surface area contributed by atoms with Crippen LogP contribution in [0, 0.1) is 0 Å². The van der Waals surface area contributed by atoms with Gasteiger partial charge in [-0.3, -0.25) is 4.79 Å². The van der Waals surface area contributed by atoms with Crippen LogP contribution >= 0.6 is 0 Å². The predicted molar refractivity (Wildman–Crippen MR) is 340 cm³/mol. The number of anilines is 1. The molecule has 76 heavy (non-hydrogen) atoms. The third-order valence-corrected chi connectivity index (χ3v) is 27.9. The fourth-order valence-electron chi connectivity index (χ4n) is 7.16. The Morgan fingerprint density at radius 3 is 1.46 bits per heavy atom. The molecule has 0 bridgehead atoms. The van der Waals surface area contributed by atoms with Crippen molar-refractivity contribution in [3.63, 3.8) is 0 Å². The molecular weight excluding hydrogens is 1040 g/mol. The lowest BCUT2D eigenvalue weighted by atomic mass is 9.97. The Morgan fingerprint density at radius 2 is 1.03 bits per heavy atom. The number of hydrogen-bond acceptors (Lipinski definition) is 13.